The molecule has 0 fully saturated rings. The average Bonchev–Trinajstić information content (AvgIpc) is 2.77. The molecule has 4 aromatic rings. The van der Waals surface area contributed by atoms with Crippen molar-refractivity contribution in [1.82, 2.24) is 16.1 Å². The van der Waals surface area contributed by atoms with Gasteiger partial charge in [0.25, 0.3) is 0 Å². The molecule has 0 saturated heterocycles. The topological polar surface area (TPSA) is 60.8 Å². The van der Waals surface area contributed by atoms with Crippen LogP contribution in [0.1, 0.15) is 81.8 Å². The fourth-order valence-corrected chi connectivity index (χ4v) is 5.72. The number of halogens is 1. The molecule has 0 aliphatic rings. The monoisotopic (exact) mass is 517 g/mol. The van der Waals surface area contributed by atoms with Gasteiger partial charge in [0.1, 0.15) is 0 Å². The minimum atomic E-state index is 0. The van der Waals surface area contributed by atoms with Crippen LogP contribution in [0.3, 0.4) is 0 Å². The van der Waals surface area contributed by atoms with E-state index in [1.165, 1.54) is 15.6 Å². The molecule has 3 nitrogen and oxygen atoms in total. The first kappa shape index (κ1) is 28.0. The van der Waals surface area contributed by atoms with Gasteiger partial charge in [0.15, 0.2) is 0 Å². The third kappa shape index (κ3) is 5.53. The van der Waals surface area contributed by atoms with E-state index >= 15 is 0 Å². The average molecular weight is 518 g/mol. The Hall–Kier alpha value is -2.23. The summed E-state index contributed by atoms with van der Waals surface area (Å²) in [5.74, 6) is 1.34. The molecule has 0 bridgehead atoms. The Morgan fingerprint density at radius 2 is 1.21 bits per heavy atom. The van der Waals surface area contributed by atoms with Crippen LogP contribution in [0, 0.1) is 0 Å². The van der Waals surface area contributed by atoms with E-state index in [2.05, 4.69) is 103 Å². The molecular formula is C29H36ClFeN3. The fraction of sp³-hybridized carbons (Fsp3) is 0.310. The molecule has 0 saturated carbocycles. The molecule has 34 heavy (non-hydrogen) atoms. The zero-order valence-electron chi connectivity index (χ0n) is 21.0. The Kier molecular flexibility index (Phi) is 9.44. The van der Waals surface area contributed by atoms with E-state index < -0.39 is 0 Å². The van der Waals surface area contributed by atoms with Gasteiger partial charge < -0.3 is 6.15 Å². The van der Waals surface area contributed by atoms with Gasteiger partial charge >= 0.3 is 199 Å². The predicted molar refractivity (Wildman–Crippen MR) is 147 cm³/mol. The first-order chi connectivity index (χ1) is 15.3. The maximum absolute atomic E-state index is 5.09. The number of fused-ring (bicyclic) bond motifs is 3. The molecule has 2 heterocycles. The molecule has 3 N–H and O–H groups in total. The summed E-state index contributed by atoms with van der Waals surface area (Å²) < 4.78 is 2.46. The standard InChI is InChI=1S/C17H15N2.C12H17.ClH.Fe.H3N/c1-4-14-9-7-12-5-6-13-8-10-15(11(2)3)19-17(13)16(12)18-14;1-9(2)11-6-5-7-12(8-11)10(3)4;;;/h5-11H,1H2,2-3H3;5-7,9-10H,1-4H3;1H;;1H3. The van der Waals surface area contributed by atoms with Gasteiger partial charge in [-0.25, -0.2) is 0 Å². The Balaban J connectivity index is 0.00000204. The number of benzene rings is 2. The Bertz CT molecular complexity index is 1290. The zero-order chi connectivity index (χ0) is 23.0. The normalized spacial score (nSPS) is 11.3. The second-order valence-electron chi connectivity index (χ2n) is 9.32. The maximum Gasteiger partial charge on any atom is -0.147 e. The van der Waals surface area contributed by atoms with Gasteiger partial charge in [-0.1, -0.05) is 0 Å². The van der Waals surface area contributed by atoms with Crippen LogP contribution in [0.5, 0.6) is 0 Å². The van der Waals surface area contributed by atoms with Crippen LogP contribution in [0.25, 0.3) is 26.3 Å². The summed E-state index contributed by atoms with van der Waals surface area (Å²) in [6, 6.07) is 19.5. The van der Waals surface area contributed by atoms with Crippen LogP contribution in [0.4, 0.5) is 0 Å². The van der Waals surface area contributed by atoms with E-state index in [1.54, 1.807) is 0 Å². The largest absolute Gasteiger partial charge is 0.344 e. The molecule has 0 aliphatic heterocycles. The van der Waals surface area contributed by atoms with Crippen LogP contribution in [-0.2, 0) is 15.0 Å². The summed E-state index contributed by atoms with van der Waals surface area (Å²) in [5, 5.41) is 2.25. The van der Waals surface area contributed by atoms with Gasteiger partial charge in [0.2, 0.25) is 0 Å². The molecule has 0 unspecified atom stereocenters. The first-order valence-corrected chi connectivity index (χ1v) is 12.5. The Morgan fingerprint density at radius 1 is 0.706 bits per heavy atom. The number of hydrogen-bond donors (Lipinski definition) is 1. The summed E-state index contributed by atoms with van der Waals surface area (Å²) in [5.41, 5.74) is 6.82. The first-order valence-electron chi connectivity index (χ1n) is 11.4. The van der Waals surface area contributed by atoms with Crippen molar-refractivity contribution < 1.29 is 15.0 Å². The van der Waals surface area contributed by atoms with Gasteiger partial charge in [0, 0.05) is 0 Å². The quantitative estimate of drug-likeness (QED) is 0.207. The van der Waals surface area contributed by atoms with Gasteiger partial charge in [-0.2, -0.15) is 0 Å². The number of pyridine rings is 2. The summed E-state index contributed by atoms with van der Waals surface area (Å²) in [6.45, 7) is 17.9. The SMILES string of the molecule is C=[C]([Fe][c]1c(C(C)C)cccc1C(C)C)c1ccc2ccc3ccc(C(C)C)nc3c2n1.Cl.N. The van der Waals surface area contributed by atoms with Crippen molar-refractivity contribution in [3.8, 4) is 0 Å². The second kappa shape index (κ2) is 11.5. The van der Waals surface area contributed by atoms with E-state index in [9.17, 15) is 0 Å². The van der Waals surface area contributed by atoms with Crippen molar-refractivity contribution in [2.45, 2.75) is 59.3 Å². The van der Waals surface area contributed by atoms with Gasteiger partial charge in [-0.3, -0.25) is 0 Å². The van der Waals surface area contributed by atoms with Gasteiger partial charge in [0.05, 0.1) is 0 Å². The molecule has 0 radical (unpaired) electrons. The summed E-state index contributed by atoms with van der Waals surface area (Å²) in [6.07, 6.45) is 0. The number of aromatic nitrogens is 2. The molecule has 0 amide bonds. The molecule has 0 aliphatic carbocycles. The van der Waals surface area contributed by atoms with Crippen LogP contribution in [-0.4, -0.2) is 9.97 Å². The fourth-order valence-electron chi connectivity index (χ4n) is 3.95. The Morgan fingerprint density at radius 3 is 1.74 bits per heavy atom. The maximum atomic E-state index is 5.09. The molecule has 2 aromatic carbocycles. The molecule has 4 rings (SSSR count). The zero-order valence-corrected chi connectivity index (χ0v) is 22.9. The van der Waals surface area contributed by atoms with Crippen molar-refractivity contribution in [1.29, 1.82) is 0 Å². The van der Waals surface area contributed by atoms with Crippen LogP contribution >= 0.6 is 12.4 Å². The summed E-state index contributed by atoms with van der Waals surface area (Å²) in [7, 11) is 0. The second-order valence-corrected chi connectivity index (χ2v) is 10.8. The molecule has 5 heteroatoms. The van der Waals surface area contributed by atoms with Crippen molar-refractivity contribution >= 4 is 43.1 Å². The number of rotatable bonds is 6. The van der Waals surface area contributed by atoms with Crippen molar-refractivity contribution in [2.24, 2.45) is 0 Å². The summed E-state index contributed by atoms with van der Waals surface area (Å²) in [4.78, 5) is 10.1. The van der Waals surface area contributed by atoms with Crippen molar-refractivity contribution in [3.05, 3.63) is 83.7 Å². The minimum Gasteiger partial charge on any atom is -0.344 e. The van der Waals surface area contributed by atoms with Crippen molar-refractivity contribution in [3.63, 3.8) is 0 Å². The van der Waals surface area contributed by atoms with E-state index in [-0.39, 0.29) is 18.6 Å². The molecule has 0 spiro atoms. The van der Waals surface area contributed by atoms with Crippen LogP contribution in [0.15, 0.2) is 61.2 Å². The predicted octanol–water partition coefficient (Wildman–Crippen LogP) is 8.12. The number of nitrogens with zero attached hydrogens (tertiary/aromatic N) is 2. The molecular weight excluding hydrogens is 482 g/mol. The van der Waals surface area contributed by atoms with Gasteiger partial charge in [-0.05, 0) is 0 Å². The smallest absolute Gasteiger partial charge is 0.147 e. The molecule has 182 valence electrons. The van der Waals surface area contributed by atoms with Gasteiger partial charge in [-0.15, -0.1) is 12.4 Å². The Labute approximate surface area is 216 Å². The molecule has 0 atom stereocenters. The van der Waals surface area contributed by atoms with E-state index in [0.29, 0.717) is 17.8 Å². The van der Waals surface area contributed by atoms with E-state index in [4.69, 9.17) is 9.97 Å². The summed E-state index contributed by atoms with van der Waals surface area (Å²) >= 11 is 0.815. The van der Waals surface area contributed by atoms with E-state index in [0.717, 1.165) is 52.6 Å². The third-order valence-electron chi connectivity index (χ3n) is 5.89. The minimum absolute atomic E-state index is 0. The van der Waals surface area contributed by atoms with E-state index in [1.807, 2.05) is 0 Å². The van der Waals surface area contributed by atoms with Crippen LogP contribution < -0.4 is 10.6 Å². The van der Waals surface area contributed by atoms with Crippen LogP contribution in [0.2, 0.25) is 0 Å². The van der Waals surface area contributed by atoms with Crippen molar-refractivity contribution in [2.75, 3.05) is 0 Å². The number of hydrogen-bond acceptors (Lipinski definition) is 3. The molecule has 2 aromatic heterocycles. The third-order valence-corrected chi connectivity index (χ3v) is 7.42.